The van der Waals surface area contributed by atoms with E-state index in [0.717, 1.165) is 16.9 Å². The van der Waals surface area contributed by atoms with Crippen LogP contribution in [0.1, 0.15) is 40.6 Å². The average Bonchev–Trinajstić information content (AvgIpc) is 3.48. The summed E-state index contributed by atoms with van der Waals surface area (Å²) in [6.07, 6.45) is -0.845. The zero-order valence-corrected chi connectivity index (χ0v) is 15.5. The fourth-order valence-corrected chi connectivity index (χ4v) is 4.00. The molecule has 2 aliphatic rings. The molecule has 28 heavy (non-hydrogen) atoms. The molecule has 0 radical (unpaired) electrons. The molecule has 140 valence electrons. The van der Waals surface area contributed by atoms with Gasteiger partial charge in [0.05, 0.1) is 12.2 Å². The van der Waals surface area contributed by atoms with Crippen molar-refractivity contribution in [2.75, 3.05) is 6.61 Å². The summed E-state index contributed by atoms with van der Waals surface area (Å²) in [5, 5.41) is 0. The summed E-state index contributed by atoms with van der Waals surface area (Å²) >= 11 is 0. The maximum absolute atomic E-state index is 13.5. The van der Waals surface area contributed by atoms with E-state index in [9.17, 15) is 4.79 Å². The van der Waals surface area contributed by atoms with Crippen molar-refractivity contribution in [3.63, 3.8) is 0 Å². The number of carbonyl (C=O) groups is 1. The van der Waals surface area contributed by atoms with Crippen LogP contribution in [0.5, 0.6) is 11.5 Å². The lowest BCUT2D eigenvalue weighted by atomic mass is 9.81. The van der Waals surface area contributed by atoms with Gasteiger partial charge in [0, 0.05) is 0 Å². The highest BCUT2D eigenvalue weighted by Crippen LogP contribution is 2.61. The van der Waals surface area contributed by atoms with Crippen LogP contribution >= 0.6 is 0 Å². The number of benzene rings is 3. The Hall–Kier alpha value is -3.11. The molecule has 1 spiro atoms. The molecule has 4 nitrogen and oxygen atoms in total. The Labute approximate surface area is 163 Å². The molecular formula is C24H20O4. The molecule has 0 amide bonds. The van der Waals surface area contributed by atoms with Gasteiger partial charge in [0.1, 0.15) is 17.6 Å². The Balaban J connectivity index is 1.57. The first-order chi connectivity index (χ1) is 13.7. The van der Waals surface area contributed by atoms with Gasteiger partial charge < -0.3 is 14.2 Å². The van der Waals surface area contributed by atoms with E-state index in [1.54, 1.807) is 6.07 Å². The predicted molar refractivity (Wildman–Crippen MR) is 105 cm³/mol. The molecule has 1 fully saturated rings. The van der Waals surface area contributed by atoms with Gasteiger partial charge in [0.25, 0.3) is 0 Å². The van der Waals surface area contributed by atoms with Crippen LogP contribution in [0.4, 0.5) is 0 Å². The van der Waals surface area contributed by atoms with Gasteiger partial charge in [0.15, 0.2) is 6.10 Å². The number of epoxide rings is 1. The van der Waals surface area contributed by atoms with Crippen molar-refractivity contribution in [2.45, 2.75) is 24.7 Å². The zero-order chi connectivity index (χ0) is 19.1. The topological polar surface area (TPSA) is 48.1 Å². The van der Waals surface area contributed by atoms with Crippen molar-refractivity contribution in [3.05, 3.63) is 95.6 Å². The largest absolute Gasteiger partial charge is 0.494 e. The van der Waals surface area contributed by atoms with Crippen LogP contribution < -0.4 is 9.47 Å². The fourth-order valence-electron chi connectivity index (χ4n) is 4.00. The van der Waals surface area contributed by atoms with Crippen LogP contribution in [0.3, 0.4) is 0 Å². The number of para-hydroxylation sites is 1. The Kier molecular flexibility index (Phi) is 3.95. The lowest BCUT2D eigenvalue weighted by molar-refractivity contribution is 0.0523. The Bertz CT molecular complexity index is 1010. The molecule has 0 N–H and O–H groups in total. The number of ketones is 1. The molecule has 0 aromatic heterocycles. The van der Waals surface area contributed by atoms with Crippen LogP contribution in [0.2, 0.25) is 0 Å². The maximum atomic E-state index is 13.5. The van der Waals surface area contributed by atoms with E-state index in [1.165, 1.54) is 0 Å². The number of hydrogen-bond acceptors (Lipinski definition) is 4. The summed E-state index contributed by atoms with van der Waals surface area (Å²) in [5.41, 5.74) is 1.41. The van der Waals surface area contributed by atoms with Crippen molar-refractivity contribution in [2.24, 2.45) is 0 Å². The summed E-state index contributed by atoms with van der Waals surface area (Å²) in [5.74, 6) is 1.38. The second kappa shape index (κ2) is 6.50. The van der Waals surface area contributed by atoms with Gasteiger partial charge in [-0.3, -0.25) is 4.79 Å². The minimum atomic E-state index is -1.04. The quantitative estimate of drug-likeness (QED) is 0.611. The Morgan fingerprint density at radius 2 is 1.54 bits per heavy atom. The average molecular weight is 372 g/mol. The molecule has 0 aliphatic carbocycles. The van der Waals surface area contributed by atoms with E-state index in [-0.39, 0.29) is 11.9 Å². The predicted octanol–water partition coefficient (Wildman–Crippen LogP) is 4.91. The van der Waals surface area contributed by atoms with Crippen molar-refractivity contribution >= 4 is 5.78 Å². The molecule has 2 heterocycles. The van der Waals surface area contributed by atoms with Crippen LogP contribution in [-0.2, 0) is 4.74 Å². The molecule has 1 unspecified atom stereocenters. The fraction of sp³-hybridized carbons (Fsp3) is 0.208. The Morgan fingerprint density at radius 1 is 0.857 bits per heavy atom. The molecule has 3 aromatic carbocycles. The normalized spacial score (nSPS) is 25.1. The highest BCUT2D eigenvalue weighted by atomic mass is 16.6. The number of carbonyl (C=O) groups excluding carboxylic acids is 1. The van der Waals surface area contributed by atoms with E-state index >= 15 is 0 Å². The summed E-state index contributed by atoms with van der Waals surface area (Å²) in [6, 6.07) is 24.9. The number of rotatable bonds is 4. The zero-order valence-electron chi connectivity index (χ0n) is 15.5. The summed E-state index contributed by atoms with van der Waals surface area (Å²) < 4.78 is 18.0. The molecule has 1 saturated heterocycles. The molecule has 0 bridgehead atoms. The van der Waals surface area contributed by atoms with Gasteiger partial charge in [-0.1, -0.05) is 54.6 Å². The number of ether oxygens (including phenoxy) is 3. The van der Waals surface area contributed by atoms with E-state index in [0.29, 0.717) is 17.9 Å². The first kappa shape index (κ1) is 17.0. The first-order valence-electron chi connectivity index (χ1n) is 9.50. The molecule has 5 rings (SSSR count). The number of hydrogen-bond donors (Lipinski definition) is 0. The number of fused-ring (bicyclic) bond motifs is 1. The van der Waals surface area contributed by atoms with E-state index in [1.807, 2.05) is 79.7 Å². The summed E-state index contributed by atoms with van der Waals surface area (Å²) in [6.45, 7) is 2.56. The van der Waals surface area contributed by atoms with Crippen molar-refractivity contribution in [1.82, 2.24) is 0 Å². The van der Waals surface area contributed by atoms with Gasteiger partial charge >= 0.3 is 0 Å². The van der Waals surface area contributed by atoms with Crippen LogP contribution in [0, 0.1) is 0 Å². The lowest BCUT2D eigenvalue weighted by Crippen LogP contribution is -2.40. The third-order valence-corrected chi connectivity index (χ3v) is 5.36. The van der Waals surface area contributed by atoms with Crippen LogP contribution in [0.25, 0.3) is 0 Å². The number of Topliss-reactive ketones (excluding diaryl/α,β-unsaturated/α-hetero) is 1. The minimum absolute atomic E-state index is 0.0258. The van der Waals surface area contributed by atoms with Crippen LogP contribution in [0.15, 0.2) is 78.9 Å². The summed E-state index contributed by atoms with van der Waals surface area (Å²) in [4.78, 5) is 13.5. The molecular weight excluding hydrogens is 352 g/mol. The van der Waals surface area contributed by atoms with Gasteiger partial charge in [-0.05, 0) is 42.3 Å². The molecule has 2 aliphatic heterocycles. The lowest BCUT2D eigenvalue weighted by Gasteiger charge is -2.31. The maximum Gasteiger partial charge on any atom is 0.205 e. The standard InChI is InChI=1S/C24H20O4/c1-2-26-18-14-12-17(13-15-18)23-24(28-23)21(25)19-10-6-7-11-20(19)27-22(24)16-8-4-3-5-9-16/h3-15,22-23H,2H2,1H3/t22-,23?,24-/m0/s1. The second-order valence-corrected chi connectivity index (χ2v) is 7.03. The van der Waals surface area contributed by atoms with Gasteiger partial charge in [-0.2, -0.15) is 0 Å². The third-order valence-electron chi connectivity index (χ3n) is 5.36. The summed E-state index contributed by atoms with van der Waals surface area (Å²) in [7, 11) is 0. The van der Waals surface area contributed by atoms with Crippen molar-refractivity contribution < 1.29 is 19.0 Å². The molecule has 4 heteroatoms. The third kappa shape index (κ3) is 2.53. The SMILES string of the molecule is CCOc1ccc(C2O[C@]23C(=O)c2ccccc2O[C@H]3c2ccccc2)cc1. The van der Waals surface area contributed by atoms with Crippen molar-refractivity contribution in [3.8, 4) is 11.5 Å². The molecule has 3 atom stereocenters. The monoisotopic (exact) mass is 372 g/mol. The van der Waals surface area contributed by atoms with E-state index < -0.39 is 11.7 Å². The van der Waals surface area contributed by atoms with Crippen molar-refractivity contribution in [1.29, 1.82) is 0 Å². The smallest absolute Gasteiger partial charge is 0.205 e. The second-order valence-electron chi connectivity index (χ2n) is 7.03. The van der Waals surface area contributed by atoms with E-state index in [4.69, 9.17) is 14.2 Å². The first-order valence-corrected chi connectivity index (χ1v) is 9.50. The van der Waals surface area contributed by atoms with Crippen LogP contribution in [-0.4, -0.2) is 18.0 Å². The van der Waals surface area contributed by atoms with Gasteiger partial charge in [0.2, 0.25) is 11.4 Å². The molecule has 0 saturated carbocycles. The minimum Gasteiger partial charge on any atom is -0.494 e. The molecule has 3 aromatic rings. The highest BCUT2D eigenvalue weighted by molar-refractivity contribution is 6.08. The van der Waals surface area contributed by atoms with Gasteiger partial charge in [-0.25, -0.2) is 0 Å². The van der Waals surface area contributed by atoms with E-state index in [2.05, 4.69) is 0 Å². The Morgan fingerprint density at radius 3 is 2.29 bits per heavy atom. The highest BCUT2D eigenvalue weighted by Gasteiger charge is 2.71. The van der Waals surface area contributed by atoms with Gasteiger partial charge in [-0.15, -0.1) is 0 Å².